The number of piperidine rings is 1. The Kier molecular flexibility index (Phi) is 7.77. The zero-order valence-electron chi connectivity index (χ0n) is 10.7. The molecule has 4 heteroatoms. The average molecular weight is 249 g/mol. The standard InChI is InChI=1S/C12H24N2O.ClH/c1-4-10(5-2)12(15)14-8-6-7-11(9-14)13-3;/h10-11,13H,4-9H2,1-3H3;1H. The molecule has 1 fully saturated rings. The highest BCUT2D eigenvalue weighted by Crippen LogP contribution is 2.16. The molecule has 0 bridgehead atoms. The van der Waals surface area contributed by atoms with Gasteiger partial charge in [-0.15, -0.1) is 12.4 Å². The van der Waals surface area contributed by atoms with Crippen LogP contribution in [0.2, 0.25) is 0 Å². The van der Waals surface area contributed by atoms with Gasteiger partial charge in [-0.3, -0.25) is 4.79 Å². The molecule has 1 N–H and O–H groups in total. The van der Waals surface area contributed by atoms with Crippen molar-refractivity contribution in [2.24, 2.45) is 5.92 Å². The quantitative estimate of drug-likeness (QED) is 0.826. The van der Waals surface area contributed by atoms with E-state index in [0.29, 0.717) is 11.9 Å². The molecule has 1 rings (SSSR count). The van der Waals surface area contributed by atoms with E-state index in [1.807, 2.05) is 11.9 Å². The minimum absolute atomic E-state index is 0. The van der Waals surface area contributed by atoms with Crippen LogP contribution in [0.3, 0.4) is 0 Å². The lowest BCUT2D eigenvalue weighted by atomic mass is 9.99. The van der Waals surface area contributed by atoms with Crippen LogP contribution >= 0.6 is 12.4 Å². The molecular weight excluding hydrogens is 224 g/mol. The van der Waals surface area contributed by atoms with E-state index in [1.165, 1.54) is 6.42 Å². The van der Waals surface area contributed by atoms with Crippen molar-refractivity contribution < 1.29 is 4.79 Å². The smallest absolute Gasteiger partial charge is 0.225 e. The normalized spacial score (nSPS) is 20.8. The van der Waals surface area contributed by atoms with E-state index in [0.717, 1.165) is 32.4 Å². The SMILES string of the molecule is CCC(CC)C(=O)N1CCCC(NC)C1.Cl. The number of rotatable bonds is 4. The van der Waals surface area contributed by atoms with E-state index < -0.39 is 0 Å². The largest absolute Gasteiger partial charge is 0.341 e. The van der Waals surface area contributed by atoms with Gasteiger partial charge in [-0.2, -0.15) is 0 Å². The van der Waals surface area contributed by atoms with Crippen LogP contribution in [0.4, 0.5) is 0 Å². The highest BCUT2D eigenvalue weighted by atomic mass is 35.5. The van der Waals surface area contributed by atoms with Crippen LogP contribution in [0, 0.1) is 5.92 Å². The molecule has 3 nitrogen and oxygen atoms in total. The van der Waals surface area contributed by atoms with Gasteiger partial charge in [0.05, 0.1) is 0 Å². The Hall–Kier alpha value is -0.280. The molecular formula is C12H25ClN2O. The van der Waals surface area contributed by atoms with E-state index in [1.54, 1.807) is 0 Å². The lowest BCUT2D eigenvalue weighted by Crippen LogP contribution is -2.48. The van der Waals surface area contributed by atoms with Crippen LogP contribution in [-0.2, 0) is 4.79 Å². The lowest BCUT2D eigenvalue weighted by molar-refractivity contribution is -0.137. The van der Waals surface area contributed by atoms with Gasteiger partial charge in [-0.05, 0) is 32.7 Å². The lowest BCUT2D eigenvalue weighted by Gasteiger charge is -2.34. The van der Waals surface area contributed by atoms with E-state index in [9.17, 15) is 4.79 Å². The van der Waals surface area contributed by atoms with Gasteiger partial charge in [0.15, 0.2) is 0 Å². The van der Waals surface area contributed by atoms with Gasteiger partial charge in [0.25, 0.3) is 0 Å². The minimum Gasteiger partial charge on any atom is -0.341 e. The van der Waals surface area contributed by atoms with Crippen LogP contribution in [0.5, 0.6) is 0 Å². The zero-order chi connectivity index (χ0) is 11.3. The first-order valence-electron chi connectivity index (χ1n) is 6.18. The first-order valence-corrected chi connectivity index (χ1v) is 6.18. The summed E-state index contributed by atoms with van der Waals surface area (Å²) in [6.45, 7) is 6.05. The summed E-state index contributed by atoms with van der Waals surface area (Å²) in [5, 5.41) is 3.27. The number of hydrogen-bond acceptors (Lipinski definition) is 2. The summed E-state index contributed by atoms with van der Waals surface area (Å²) in [7, 11) is 1.98. The first kappa shape index (κ1) is 15.7. The average Bonchev–Trinajstić information content (AvgIpc) is 2.30. The number of amides is 1. The summed E-state index contributed by atoms with van der Waals surface area (Å²) in [6.07, 6.45) is 4.27. The number of nitrogens with one attached hydrogen (secondary N) is 1. The van der Waals surface area contributed by atoms with Crippen LogP contribution in [0.1, 0.15) is 39.5 Å². The third-order valence-corrected chi connectivity index (χ3v) is 3.48. The van der Waals surface area contributed by atoms with Crippen molar-refractivity contribution in [3.8, 4) is 0 Å². The molecule has 96 valence electrons. The molecule has 16 heavy (non-hydrogen) atoms. The Labute approximate surface area is 105 Å². The van der Waals surface area contributed by atoms with Crippen LogP contribution in [0.25, 0.3) is 0 Å². The number of halogens is 1. The highest BCUT2D eigenvalue weighted by Gasteiger charge is 2.26. The second-order valence-corrected chi connectivity index (χ2v) is 4.43. The van der Waals surface area contributed by atoms with E-state index in [4.69, 9.17) is 0 Å². The maximum atomic E-state index is 12.1. The summed E-state index contributed by atoms with van der Waals surface area (Å²) in [4.78, 5) is 14.2. The van der Waals surface area contributed by atoms with Crippen molar-refractivity contribution >= 4 is 18.3 Å². The second kappa shape index (κ2) is 7.91. The third-order valence-electron chi connectivity index (χ3n) is 3.48. The van der Waals surface area contributed by atoms with Crippen molar-refractivity contribution in [2.45, 2.75) is 45.6 Å². The predicted molar refractivity (Wildman–Crippen MR) is 70.0 cm³/mol. The topological polar surface area (TPSA) is 32.3 Å². The van der Waals surface area contributed by atoms with Crippen LogP contribution in [0.15, 0.2) is 0 Å². The van der Waals surface area contributed by atoms with E-state index in [2.05, 4.69) is 19.2 Å². The maximum absolute atomic E-state index is 12.1. The Morgan fingerprint density at radius 1 is 1.44 bits per heavy atom. The summed E-state index contributed by atoms with van der Waals surface area (Å²) in [6, 6.07) is 0.497. The molecule has 0 aliphatic carbocycles. The molecule has 1 amide bonds. The fraction of sp³-hybridized carbons (Fsp3) is 0.917. The summed E-state index contributed by atoms with van der Waals surface area (Å²) < 4.78 is 0. The van der Waals surface area contributed by atoms with Gasteiger partial charge in [-0.1, -0.05) is 13.8 Å². The van der Waals surface area contributed by atoms with Crippen molar-refractivity contribution in [3.63, 3.8) is 0 Å². The van der Waals surface area contributed by atoms with E-state index in [-0.39, 0.29) is 18.3 Å². The fourth-order valence-electron chi connectivity index (χ4n) is 2.31. The number of carbonyl (C=O) groups is 1. The summed E-state index contributed by atoms with van der Waals surface area (Å²) in [5.74, 6) is 0.598. The molecule has 0 aromatic heterocycles. The number of hydrogen-bond donors (Lipinski definition) is 1. The van der Waals surface area contributed by atoms with Gasteiger partial charge < -0.3 is 10.2 Å². The first-order chi connectivity index (χ1) is 7.22. The monoisotopic (exact) mass is 248 g/mol. The predicted octanol–water partition coefficient (Wildman–Crippen LogP) is 2.05. The second-order valence-electron chi connectivity index (χ2n) is 4.43. The zero-order valence-corrected chi connectivity index (χ0v) is 11.5. The van der Waals surface area contributed by atoms with Crippen LogP contribution < -0.4 is 5.32 Å². The van der Waals surface area contributed by atoms with Gasteiger partial charge >= 0.3 is 0 Å². The number of likely N-dealkylation sites (tertiary alicyclic amines) is 1. The van der Waals surface area contributed by atoms with Crippen molar-refractivity contribution in [1.29, 1.82) is 0 Å². The number of likely N-dealkylation sites (N-methyl/N-ethyl adjacent to an activating group) is 1. The molecule has 1 atom stereocenters. The molecule has 1 heterocycles. The Morgan fingerprint density at radius 2 is 2.06 bits per heavy atom. The molecule has 0 saturated carbocycles. The van der Waals surface area contributed by atoms with Gasteiger partial charge in [0.1, 0.15) is 0 Å². The Bertz CT molecular complexity index is 207. The van der Waals surface area contributed by atoms with Crippen LogP contribution in [-0.4, -0.2) is 37.0 Å². The van der Waals surface area contributed by atoms with Gasteiger partial charge in [0.2, 0.25) is 5.91 Å². The summed E-state index contributed by atoms with van der Waals surface area (Å²) in [5.41, 5.74) is 0. The van der Waals surface area contributed by atoms with E-state index >= 15 is 0 Å². The fourth-order valence-corrected chi connectivity index (χ4v) is 2.31. The summed E-state index contributed by atoms with van der Waals surface area (Å²) >= 11 is 0. The Balaban J connectivity index is 0.00000225. The molecule has 0 aromatic rings. The van der Waals surface area contributed by atoms with Gasteiger partial charge in [-0.25, -0.2) is 0 Å². The maximum Gasteiger partial charge on any atom is 0.225 e. The minimum atomic E-state index is 0. The molecule has 0 spiro atoms. The number of nitrogens with zero attached hydrogens (tertiary/aromatic N) is 1. The van der Waals surface area contributed by atoms with Crippen molar-refractivity contribution in [1.82, 2.24) is 10.2 Å². The number of carbonyl (C=O) groups excluding carboxylic acids is 1. The molecule has 0 radical (unpaired) electrons. The molecule has 1 aliphatic rings. The van der Waals surface area contributed by atoms with Gasteiger partial charge in [0, 0.05) is 25.0 Å². The molecule has 1 saturated heterocycles. The Morgan fingerprint density at radius 3 is 2.56 bits per heavy atom. The molecule has 0 aromatic carbocycles. The molecule has 1 unspecified atom stereocenters. The van der Waals surface area contributed by atoms with Crippen molar-refractivity contribution in [2.75, 3.05) is 20.1 Å². The van der Waals surface area contributed by atoms with Crippen molar-refractivity contribution in [3.05, 3.63) is 0 Å². The highest BCUT2D eigenvalue weighted by molar-refractivity contribution is 5.85. The molecule has 1 aliphatic heterocycles. The third kappa shape index (κ3) is 3.95.